The molecule has 0 aromatic carbocycles. The van der Waals surface area contributed by atoms with E-state index in [1.54, 1.807) is 10.5 Å². The average molecular weight is 352 g/mol. The molecule has 0 saturated heterocycles. The maximum atomic E-state index is 12.0. The smallest absolute Gasteiger partial charge is 0.261 e. The number of rotatable bonds is 5. The van der Waals surface area contributed by atoms with E-state index in [0.717, 1.165) is 0 Å². The summed E-state index contributed by atoms with van der Waals surface area (Å²) in [5.41, 5.74) is 1.72. The lowest BCUT2D eigenvalue weighted by atomic mass is 10.2. The van der Waals surface area contributed by atoms with Crippen molar-refractivity contribution in [3.05, 3.63) is 54.1 Å². The van der Waals surface area contributed by atoms with Crippen LogP contribution in [-0.4, -0.2) is 30.6 Å². The minimum atomic E-state index is -0.245. The molecular formula is C17H16N6O3. The molecule has 0 spiro atoms. The molecule has 1 amide bonds. The number of aromatic nitrogens is 5. The van der Waals surface area contributed by atoms with Crippen LogP contribution in [-0.2, 0) is 6.54 Å². The van der Waals surface area contributed by atoms with Gasteiger partial charge >= 0.3 is 0 Å². The van der Waals surface area contributed by atoms with Crippen LogP contribution in [0.15, 0.2) is 45.9 Å². The van der Waals surface area contributed by atoms with Gasteiger partial charge in [0, 0.05) is 12.1 Å². The maximum absolute atomic E-state index is 12.0. The molecule has 0 atom stereocenters. The second-order valence-corrected chi connectivity index (χ2v) is 6.04. The third kappa shape index (κ3) is 2.83. The first-order valence-electron chi connectivity index (χ1n) is 8.10. The number of fused-ring (bicyclic) bond motifs is 1. The van der Waals surface area contributed by atoms with E-state index in [1.165, 1.54) is 12.5 Å². The lowest BCUT2D eigenvalue weighted by molar-refractivity contribution is 0.0949. The zero-order valence-electron chi connectivity index (χ0n) is 14.2. The van der Waals surface area contributed by atoms with Gasteiger partial charge in [-0.3, -0.25) is 9.20 Å². The van der Waals surface area contributed by atoms with Gasteiger partial charge in [0.15, 0.2) is 17.3 Å². The van der Waals surface area contributed by atoms with Crippen molar-refractivity contribution in [2.75, 3.05) is 0 Å². The molecule has 1 N–H and O–H groups in total. The van der Waals surface area contributed by atoms with E-state index >= 15 is 0 Å². The van der Waals surface area contributed by atoms with Crippen LogP contribution in [0, 0.1) is 0 Å². The first-order valence-corrected chi connectivity index (χ1v) is 8.10. The van der Waals surface area contributed by atoms with Crippen molar-refractivity contribution in [2.24, 2.45) is 0 Å². The van der Waals surface area contributed by atoms with Crippen molar-refractivity contribution in [1.29, 1.82) is 0 Å². The summed E-state index contributed by atoms with van der Waals surface area (Å²) < 4.78 is 12.0. The number of pyridine rings is 1. The van der Waals surface area contributed by atoms with Gasteiger partial charge in [-0.05, 0) is 18.2 Å². The van der Waals surface area contributed by atoms with Gasteiger partial charge in [0.1, 0.15) is 6.26 Å². The highest BCUT2D eigenvalue weighted by molar-refractivity contribution is 5.93. The lowest BCUT2D eigenvalue weighted by Gasteiger charge is -2.03. The Labute approximate surface area is 148 Å². The van der Waals surface area contributed by atoms with E-state index in [-0.39, 0.29) is 18.4 Å². The topological polar surface area (TPSA) is 111 Å². The van der Waals surface area contributed by atoms with Crippen LogP contribution in [0.3, 0.4) is 0 Å². The highest BCUT2D eigenvalue weighted by Crippen LogP contribution is 2.23. The second-order valence-electron chi connectivity index (χ2n) is 6.04. The van der Waals surface area contributed by atoms with E-state index in [2.05, 4.69) is 25.7 Å². The molecular weight excluding hydrogens is 336 g/mol. The Morgan fingerprint density at radius 3 is 2.92 bits per heavy atom. The summed E-state index contributed by atoms with van der Waals surface area (Å²) in [6.07, 6.45) is 4.65. The van der Waals surface area contributed by atoms with Gasteiger partial charge in [-0.1, -0.05) is 19.0 Å². The zero-order chi connectivity index (χ0) is 18.1. The molecule has 0 unspecified atom stereocenters. The van der Waals surface area contributed by atoms with Crippen LogP contribution in [0.25, 0.3) is 17.1 Å². The molecule has 0 saturated carbocycles. The molecule has 132 valence electrons. The monoisotopic (exact) mass is 352 g/mol. The van der Waals surface area contributed by atoms with Crippen molar-refractivity contribution in [3.8, 4) is 11.5 Å². The molecule has 26 heavy (non-hydrogen) atoms. The predicted octanol–water partition coefficient (Wildman–Crippen LogP) is 2.43. The van der Waals surface area contributed by atoms with Gasteiger partial charge in [-0.15, -0.1) is 10.2 Å². The van der Waals surface area contributed by atoms with Crippen LogP contribution in [0.5, 0.6) is 0 Å². The molecule has 0 aliphatic heterocycles. The quantitative estimate of drug-likeness (QED) is 0.587. The van der Waals surface area contributed by atoms with Crippen molar-refractivity contribution < 1.29 is 13.7 Å². The fraction of sp³-hybridized carbons (Fsp3) is 0.235. The van der Waals surface area contributed by atoms with E-state index in [4.69, 9.17) is 8.94 Å². The Kier molecular flexibility index (Phi) is 3.96. The van der Waals surface area contributed by atoms with E-state index in [1.807, 2.05) is 32.2 Å². The molecule has 4 aromatic heterocycles. The van der Waals surface area contributed by atoms with Crippen LogP contribution >= 0.6 is 0 Å². The fourth-order valence-electron chi connectivity index (χ4n) is 2.49. The van der Waals surface area contributed by atoms with E-state index in [9.17, 15) is 4.79 Å². The Balaban J connectivity index is 1.61. The summed E-state index contributed by atoms with van der Waals surface area (Å²) in [7, 11) is 0. The molecule has 0 radical (unpaired) electrons. The number of nitrogens with one attached hydrogen (secondary N) is 1. The normalized spacial score (nSPS) is 11.3. The van der Waals surface area contributed by atoms with Crippen LogP contribution in [0.1, 0.15) is 41.8 Å². The summed E-state index contributed by atoms with van der Waals surface area (Å²) in [5.74, 6) is 1.53. The van der Waals surface area contributed by atoms with Crippen LogP contribution < -0.4 is 5.32 Å². The summed E-state index contributed by atoms with van der Waals surface area (Å²) in [5, 5.41) is 15.1. The zero-order valence-corrected chi connectivity index (χ0v) is 14.2. The SMILES string of the molecule is CC(C)c1noc(-c2cccn3c(CNC(=O)c4ccoc4)nnc23)n1. The number of carbonyl (C=O) groups is 1. The maximum Gasteiger partial charge on any atom is 0.261 e. The largest absolute Gasteiger partial charge is 0.472 e. The molecule has 9 heteroatoms. The first-order chi connectivity index (χ1) is 12.6. The molecule has 0 aliphatic rings. The highest BCUT2D eigenvalue weighted by Gasteiger charge is 2.17. The molecule has 0 fully saturated rings. The summed E-state index contributed by atoms with van der Waals surface area (Å²) in [6, 6.07) is 5.28. The van der Waals surface area contributed by atoms with Gasteiger partial charge in [0.2, 0.25) is 0 Å². The second kappa shape index (κ2) is 6.43. The molecule has 4 rings (SSSR count). The summed E-state index contributed by atoms with van der Waals surface area (Å²) >= 11 is 0. The van der Waals surface area contributed by atoms with Crippen molar-refractivity contribution >= 4 is 11.6 Å². The van der Waals surface area contributed by atoms with Crippen molar-refractivity contribution in [3.63, 3.8) is 0 Å². The van der Waals surface area contributed by atoms with Crippen LogP contribution in [0.2, 0.25) is 0 Å². The molecule has 4 aromatic rings. The number of amides is 1. The van der Waals surface area contributed by atoms with Gasteiger partial charge in [-0.2, -0.15) is 4.98 Å². The first kappa shape index (κ1) is 16.0. The number of carbonyl (C=O) groups excluding carboxylic acids is 1. The van der Waals surface area contributed by atoms with Crippen LogP contribution in [0.4, 0.5) is 0 Å². The number of nitrogens with zero attached hydrogens (tertiary/aromatic N) is 5. The highest BCUT2D eigenvalue weighted by atomic mass is 16.5. The third-order valence-electron chi connectivity index (χ3n) is 3.88. The number of hydrogen-bond acceptors (Lipinski definition) is 7. The molecule has 9 nitrogen and oxygen atoms in total. The van der Waals surface area contributed by atoms with E-state index < -0.39 is 0 Å². The van der Waals surface area contributed by atoms with Gasteiger partial charge in [0.05, 0.1) is 23.9 Å². The predicted molar refractivity (Wildman–Crippen MR) is 90.2 cm³/mol. The Morgan fingerprint density at radius 2 is 2.19 bits per heavy atom. The number of furan rings is 1. The third-order valence-corrected chi connectivity index (χ3v) is 3.88. The summed E-state index contributed by atoms with van der Waals surface area (Å²) in [4.78, 5) is 16.4. The minimum Gasteiger partial charge on any atom is -0.472 e. The van der Waals surface area contributed by atoms with E-state index in [0.29, 0.717) is 34.3 Å². The Morgan fingerprint density at radius 1 is 1.31 bits per heavy atom. The lowest BCUT2D eigenvalue weighted by Crippen LogP contribution is -2.23. The fourth-order valence-corrected chi connectivity index (χ4v) is 2.49. The molecule has 0 bridgehead atoms. The Hall–Kier alpha value is -3.49. The van der Waals surface area contributed by atoms with Gasteiger partial charge < -0.3 is 14.3 Å². The van der Waals surface area contributed by atoms with Gasteiger partial charge in [0.25, 0.3) is 11.8 Å². The van der Waals surface area contributed by atoms with Crippen molar-refractivity contribution in [2.45, 2.75) is 26.3 Å². The minimum absolute atomic E-state index is 0.166. The molecule has 4 heterocycles. The van der Waals surface area contributed by atoms with Crippen molar-refractivity contribution in [1.82, 2.24) is 30.1 Å². The summed E-state index contributed by atoms with van der Waals surface area (Å²) in [6.45, 7) is 4.20. The number of hydrogen-bond donors (Lipinski definition) is 1. The molecule has 0 aliphatic carbocycles. The Bertz CT molecular complexity index is 1050. The average Bonchev–Trinajstić information content (AvgIpc) is 3.39. The standard InChI is InChI=1S/C17H16N6O3/c1-10(2)14-19-17(26-22-14)12-4-3-6-23-13(20-21-15(12)23)8-18-16(24)11-5-7-25-9-11/h3-7,9-10H,8H2,1-2H3,(H,18,24). The van der Waals surface area contributed by atoms with Gasteiger partial charge in [-0.25, -0.2) is 0 Å².